The van der Waals surface area contributed by atoms with Gasteiger partial charge in [-0.2, -0.15) is 0 Å². The lowest BCUT2D eigenvalue weighted by molar-refractivity contribution is 1.34. The van der Waals surface area contributed by atoms with Crippen LogP contribution in [0.4, 0.5) is 0 Å². The Hall–Kier alpha value is -1.20. The van der Waals surface area contributed by atoms with Crippen LogP contribution >= 0.6 is 0 Å². The Balaban J connectivity index is 0. The van der Waals surface area contributed by atoms with Crippen LogP contribution in [0.5, 0.6) is 0 Å². The zero-order valence-electron chi connectivity index (χ0n) is 14.1. The molecule has 1 aromatic carbocycles. The lowest BCUT2D eigenvalue weighted by Gasteiger charge is -2.30. The summed E-state index contributed by atoms with van der Waals surface area (Å²) in [6.07, 6.45) is 8.86. The molecule has 4 heteroatoms. The summed E-state index contributed by atoms with van der Waals surface area (Å²) in [6.45, 7) is 4.77. The standard InChI is InChI=1S/C14H17Si.3CH5N/c1-3-15(2,14-11-7-8-12-14)13-9-5-4-6-10-13;3*1-2/h4-12H,3H2,1-2H3;3*2H2,1H3. The Labute approximate surface area is 131 Å². The van der Waals surface area contributed by atoms with E-state index in [1.165, 1.54) is 27.2 Å². The summed E-state index contributed by atoms with van der Waals surface area (Å²) >= 11 is 0. The van der Waals surface area contributed by atoms with E-state index in [0.717, 1.165) is 0 Å². The number of hydrogen-bond acceptors (Lipinski definition) is 3. The third-order valence-corrected chi connectivity index (χ3v) is 8.05. The van der Waals surface area contributed by atoms with Crippen molar-refractivity contribution in [3.63, 3.8) is 0 Å². The summed E-state index contributed by atoms with van der Waals surface area (Å²) in [7, 11) is 3.08. The summed E-state index contributed by atoms with van der Waals surface area (Å²) < 4.78 is 0. The van der Waals surface area contributed by atoms with Gasteiger partial charge in [-0.25, -0.2) is 0 Å². The summed E-state index contributed by atoms with van der Waals surface area (Å²) in [5.41, 5.74) is 15.1. The molecule has 0 amide bonds. The fourth-order valence-electron chi connectivity index (χ4n) is 2.12. The van der Waals surface area contributed by atoms with Crippen molar-refractivity contribution < 1.29 is 0 Å². The molecule has 119 valence electrons. The van der Waals surface area contributed by atoms with Crippen molar-refractivity contribution in [2.75, 3.05) is 21.1 Å². The summed E-state index contributed by atoms with van der Waals surface area (Å²) in [5, 5.41) is 1.54. The van der Waals surface area contributed by atoms with E-state index >= 15 is 0 Å². The van der Waals surface area contributed by atoms with Crippen LogP contribution in [0, 0.1) is 5.54 Å². The smallest absolute Gasteiger partial charge is 0.0985 e. The molecule has 1 atom stereocenters. The molecule has 1 radical (unpaired) electrons. The largest absolute Gasteiger partial charge is 0.333 e. The van der Waals surface area contributed by atoms with Gasteiger partial charge in [-0.05, 0) is 21.1 Å². The van der Waals surface area contributed by atoms with Gasteiger partial charge >= 0.3 is 0 Å². The Morgan fingerprint density at radius 2 is 1.24 bits per heavy atom. The molecule has 0 bridgehead atoms. The quantitative estimate of drug-likeness (QED) is 0.747. The van der Waals surface area contributed by atoms with Crippen LogP contribution in [0.15, 0.2) is 54.6 Å². The summed E-state index contributed by atoms with van der Waals surface area (Å²) in [4.78, 5) is 0. The van der Waals surface area contributed by atoms with Gasteiger partial charge in [0.2, 0.25) is 0 Å². The van der Waals surface area contributed by atoms with Gasteiger partial charge in [0.1, 0.15) is 0 Å². The molecule has 1 aliphatic carbocycles. The van der Waals surface area contributed by atoms with Crippen molar-refractivity contribution in [1.29, 1.82) is 0 Å². The molecule has 21 heavy (non-hydrogen) atoms. The first kappa shape index (κ1) is 22.1. The maximum Gasteiger partial charge on any atom is 0.0985 e. The lowest BCUT2D eigenvalue weighted by atomic mass is 10.4. The predicted molar refractivity (Wildman–Crippen MR) is 100 cm³/mol. The highest BCUT2D eigenvalue weighted by Crippen LogP contribution is 2.27. The molecule has 1 aliphatic rings. The number of allylic oxidation sites excluding steroid dienone is 4. The second kappa shape index (κ2) is 13.8. The van der Waals surface area contributed by atoms with Crippen molar-refractivity contribution in [1.82, 2.24) is 0 Å². The van der Waals surface area contributed by atoms with Gasteiger partial charge < -0.3 is 17.2 Å². The van der Waals surface area contributed by atoms with Crippen LogP contribution in [0.25, 0.3) is 0 Å². The summed E-state index contributed by atoms with van der Waals surface area (Å²) in [6, 6.07) is 12.2. The van der Waals surface area contributed by atoms with Crippen LogP contribution in [-0.2, 0) is 0 Å². The minimum absolute atomic E-state index is 1.26. The van der Waals surface area contributed by atoms with Gasteiger partial charge in [0.15, 0.2) is 0 Å². The van der Waals surface area contributed by atoms with E-state index in [0.29, 0.717) is 0 Å². The molecule has 0 fully saturated rings. The molecule has 0 saturated heterocycles. The van der Waals surface area contributed by atoms with Gasteiger partial charge in [0, 0.05) is 5.54 Å². The fourth-order valence-corrected chi connectivity index (χ4v) is 5.13. The molecule has 0 aromatic heterocycles. The minimum atomic E-state index is -1.42. The number of nitrogens with two attached hydrogens (primary N) is 3. The molecule has 2 rings (SSSR count). The van der Waals surface area contributed by atoms with Crippen LogP contribution in [0.3, 0.4) is 0 Å². The number of benzene rings is 1. The highest BCUT2D eigenvalue weighted by Gasteiger charge is 2.34. The van der Waals surface area contributed by atoms with Gasteiger partial charge in [-0.1, -0.05) is 79.3 Å². The zero-order valence-corrected chi connectivity index (χ0v) is 15.1. The second-order valence-corrected chi connectivity index (χ2v) is 8.75. The molecule has 1 aromatic rings. The first-order valence-corrected chi connectivity index (χ1v) is 9.99. The van der Waals surface area contributed by atoms with Gasteiger partial charge in [0.25, 0.3) is 0 Å². The highest BCUT2D eigenvalue weighted by molar-refractivity contribution is 6.96. The first-order valence-electron chi connectivity index (χ1n) is 7.28. The van der Waals surface area contributed by atoms with E-state index in [4.69, 9.17) is 0 Å². The average Bonchev–Trinajstić information content (AvgIpc) is 3.15. The number of rotatable bonds is 3. The van der Waals surface area contributed by atoms with Crippen molar-refractivity contribution in [3.8, 4) is 0 Å². The maximum atomic E-state index is 4.50. The fraction of sp³-hybridized carbons (Fsp3) is 0.353. The van der Waals surface area contributed by atoms with Crippen molar-refractivity contribution >= 4 is 13.3 Å². The molecular weight excluding hydrogens is 274 g/mol. The maximum absolute atomic E-state index is 4.50. The van der Waals surface area contributed by atoms with E-state index in [2.05, 4.69) is 85.3 Å². The van der Waals surface area contributed by atoms with E-state index < -0.39 is 8.07 Å². The minimum Gasteiger partial charge on any atom is -0.333 e. The predicted octanol–water partition coefficient (Wildman–Crippen LogP) is 1.96. The molecule has 0 heterocycles. The topological polar surface area (TPSA) is 78.1 Å². The van der Waals surface area contributed by atoms with Gasteiger partial charge in [-0.3, -0.25) is 0 Å². The molecule has 0 aliphatic heterocycles. The van der Waals surface area contributed by atoms with Crippen LogP contribution in [-0.4, -0.2) is 29.2 Å². The second-order valence-electron chi connectivity index (χ2n) is 4.23. The molecule has 0 spiro atoms. The van der Waals surface area contributed by atoms with Gasteiger partial charge in [0.05, 0.1) is 8.07 Å². The van der Waals surface area contributed by atoms with Crippen LogP contribution < -0.4 is 22.4 Å². The third kappa shape index (κ3) is 6.40. The van der Waals surface area contributed by atoms with E-state index in [1.807, 2.05) is 0 Å². The normalized spacial score (nSPS) is 14.7. The van der Waals surface area contributed by atoms with E-state index in [1.54, 1.807) is 10.7 Å². The Bertz CT molecular complexity index is 378. The average molecular weight is 307 g/mol. The molecule has 0 saturated carbocycles. The SMILES string of the molecule is CC[Si](C)([C]1C=CC=C1)c1ccccc1.CN.CN.CN. The molecule has 1 unspecified atom stereocenters. The van der Waals surface area contributed by atoms with Crippen molar-refractivity contribution in [3.05, 3.63) is 60.2 Å². The molecular formula is C17H32N3Si. The molecule has 6 N–H and O–H groups in total. The monoisotopic (exact) mass is 306 g/mol. The zero-order chi connectivity index (χ0) is 16.7. The van der Waals surface area contributed by atoms with Gasteiger partial charge in [-0.15, -0.1) is 0 Å². The van der Waals surface area contributed by atoms with Crippen LogP contribution in [0.1, 0.15) is 6.92 Å². The lowest BCUT2D eigenvalue weighted by Crippen LogP contribution is -2.48. The first-order chi connectivity index (χ1) is 10.3. The Morgan fingerprint density at radius 1 is 0.810 bits per heavy atom. The molecule has 3 nitrogen and oxygen atoms in total. The Kier molecular flexibility index (Phi) is 14.5. The van der Waals surface area contributed by atoms with Crippen LogP contribution in [0.2, 0.25) is 12.6 Å². The Morgan fingerprint density at radius 3 is 1.62 bits per heavy atom. The van der Waals surface area contributed by atoms with Crippen molar-refractivity contribution in [2.24, 2.45) is 17.2 Å². The summed E-state index contributed by atoms with van der Waals surface area (Å²) in [5.74, 6) is 0. The van der Waals surface area contributed by atoms with E-state index in [9.17, 15) is 0 Å². The number of hydrogen-bond donors (Lipinski definition) is 3. The van der Waals surface area contributed by atoms with E-state index in [-0.39, 0.29) is 0 Å². The highest BCUT2D eigenvalue weighted by atomic mass is 28.3. The third-order valence-electron chi connectivity index (χ3n) is 3.42. The van der Waals surface area contributed by atoms with Crippen molar-refractivity contribution in [2.45, 2.75) is 19.5 Å².